The van der Waals surface area contributed by atoms with Gasteiger partial charge in [-0.25, -0.2) is 0 Å². The largest absolute Gasteiger partial charge is 0.308 e. The molecule has 2 unspecified atom stereocenters. The van der Waals surface area contributed by atoms with Crippen LogP contribution < -0.4 is 4.63 Å². The molecule has 0 fully saturated rings. The molecule has 1 N–H and O–H groups in total. The Morgan fingerprint density at radius 1 is 1.24 bits per heavy atom. The van der Waals surface area contributed by atoms with Crippen LogP contribution in [-0.2, 0) is 0 Å². The second-order valence-electron chi connectivity index (χ2n) is 5.60. The fourth-order valence-corrected chi connectivity index (χ4v) is 2.98. The van der Waals surface area contributed by atoms with Crippen LogP contribution in [-0.4, -0.2) is 24.2 Å². The van der Waals surface area contributed by atoms with E-state index < -0.39 is 0 Å². The Morgan fingerprint density at radius 3 is 2.41 bits per heavy atom. The van der Waals surface area contributed by atoms with E-state index >= 15 is 0 Å². The summed E-state index contributed by atoms with van der Waals surface area (Å²) < 4.78 is 3.39. The molecule has 0 amide bonds. The molecule has 0 aliphatic heterocycles. The third-order valence-corrected chi connectivity index (χ3v) is 5.18. The minimum Gasteiger partial charge on any atom is -0.308 e. The maximum atomic E-state index is 3.39. The monoisotopic (exact) mass is 274 g/mol. The molecule has 0 aliphatic carbocycles. The van der Waals surface area contributed by atoms with Crippen LogP contribution >= 0.6 is 23.7 Å². The molecule has 17 heavy (non-hydrogen) atoms. The van der Waals surface area contributed by atoms with Crippen LogP contribution in [0.3, 0.4) is 0 Å². The van der Waals surface area contributed by atoms with Gasteiger partial charge in [-0.05, 0) is 24.5 Å². The van der Waals surface area contributed by atoms with E-state index in [0.717, 1.165) is 5.25 Å². The third kappa shape index (κ3) is 10.3. The van der Waals surface area contributed by atoms with Gasteiger partial charge in [0.1, 0.15) is 0 Å². The number of nitrogens with one attached hydrogen (secondary N) is 1. The third-order valence-electron chi connectivity index (χ3n) is 3.27. The minimum absolute atomic E-state index is 0.474. The van der Waals surface area contributed by atoms with E-state index in [1.165, 1.54) is 25.6 Å². The Labute approximate surface area is 118 Å². The average Bonchev–Trinajstić information content (AvgIpc) is 2.27. The summed E-state index contributed by atoms with van der Waals surface area (Å²) in [7, 11) is 2.22. The first kappa shape index (κ1) is 17.7. The lowest BCUT2D eigenvalue weighted by Gasteiger charge is -2.26. The summed E-state index contributed by atoms with van der Waals surface area (Å²) in [6, 6.07) is 0. The van der Waals surface area contributed by atoms with Crippen molar-refractivity contribution >= 4 is 31.1 Å². The molecule has 0 aromatic heterocycles. The van der Waals surface area contributed by atoms with Crippen molar-refractivity contribution in [3.05, 3.63) is 0 Å². The van der Waals surface area contributed by atoms with Gasteiger partial charge in [0, 0.05) is 10.5 Å². The van der Waals surface area contributed by atoms with Gasteiger partial charge in [0.05, 0.1) is 0 Å². The van der Waals surface area contributed by atoms with Crippen LogP contribution in [0.2, 0.25) is 6.32 Å². The fraction of sp³-hybridized carbons (Fsp3) is 1.00. The smallest absolute Gasteiger partial charge is 0.218 e. The van der Waals surface area contributed by atoms with Gasteiger partial charge in [0.25, 0.3) is 0 Å². The maximum absolute atomic E-state index is 3.39. The van der Waals surface area contributed by atoms with Crippen LogP contribution in [0.5, 0.6) is 0 Å². The minimum atomic E-state index is 0.474. The zero-order valence-electron chi connectivity index (χ0n) is 12.4. The van der Waals surface area contributed by atoms with E-state index in [9.17, 15) is 0 Å². The summed E-state index contributed by atoms with van der Waals surface area (Å²) in [4.78, 5) is 0. The molecule has 0 rings (SSSR count). The Morgan fingerprint density at radius 2 is 1.88 bits per heavy atom. The first-order valence-corrected chi connectivity index (χ1v) is 8.83. The lowest BCUT2D eigenvalue weighted by atomic mass is 9.85. The Kier molecular flexibility index (Phi) is 10.0. The van der Waals surface area contributed by atoms with Crippen molar-refractivity contribution in [1.29, 1.82) is 0 Å². The van der Waals surface area contributed by atoms with Crippen molar-refractivity contribution in [2.45, 2.75) is 70.7 Å². The molecule has 0 spiro atoms. The quantitative estimate of drug-likeness (QED) is 0.355. The van der Waals surface area contributed by atoms with Gasteiger partial charge in [0.15, 0.2) is 0 Å². The predicted molar refractivity (Wildman–Crippen MR) is 87.0 cm³/mol. The number of hydrogen-bond acceptors (Lipinski definition) is 3. The summed E-state index contributed by atoms with van der Waals surface area (Å²) in [5.41, 5.74) is 0.474. The molecule has 0 aromatic carbocycles. The van der Waals surface area contributed by atoms with Gasteiger partial charge < -0.3 is 4.63 Å². The number of hydrogen-bond donors (Lipinski definition) is 1. The first-order chi connectivity index (χ1) is 7.91. The summed E-state index contributed by atoms with van der Waals surface area (Å²) in [5.74, 6) is 0. The van der Waals surface area contributed by atoms with Crippen LogP contribution in [0.15, 0.2) is 0 Å². The molecule has 0 aromatic rings. The molecule has 0 saturated carbocycles. The SMILES string of the molecule is CCC(C)(C)CC(C)SN[B]CCC(C)SC. The van der Waals surface area contributed by atoms with Crippen LogP contribution in [0.1, 0.15) is 53.9 Å². The van der Waals surface area contributed by atoms with Crippen molar-refractivity contribution in [3.8, 4) is 0 Å². The van der Waals surface area contributed by atoms with Crippen molar-refractivity contribution < 1.29 is 0 Å². The predicted octanol–water partition coefficient (Wildman–Crippen LogP) is 4.62. The summed E-state index contributed by atoms with van der Waals surface area (Å²) in [6.45, 7) is 11.6. The summed E-state index contributed by atoms with van der Waals surface area (Å²) >= 11 is 3.81. The molecular formula is C13H29BNS2. The number of thioether (sulfide) groups is 1. The zero-order chi connectivity index (χ0) is 13.3. The second kappa shape index (κ2) is 9.63. The highest BCUT2D eigenvalue weighted by atomic mass is 32.2. The maximum Gasteiger partial charge on any atom is 0.218 e. The lowest BCUT2D eigenvalue weighted by Crippen LogP contribution is -2.20. The highest BCUT2D eigenvalue weighted by molar-refractivity contribution is 7.99. The molecule has 0 bridgehead atoms. The van der Waals surface area contributed by atoms with Crippen molar-refractivity contribution in [2.75, 3.05) is 6.26 Å². The molecule has 0 heterocycles. The van der Waals surface area contributed by atoms with Crippen molar-refractivity contribution in [2.24, 2.45) is 5.41 Å². The van der Waals surface area contributed by atoms with E-state index in [2.05, 4.69) is 52.9 Å². The molecule has 0 aliphatic rings. The van der Waals surface area contributed by atoms with Crippen LogP contribution in [0, 0.1) is 5.41 Å². The molecule has 101 valence electrons. The van der Waals surface area contributed by atoms with Crippen molar-refractivity contribution in [3.63, 3.8) is 0 Å². The van der Waals surface area contributed by atoms with E-state index in [1.54, 1.807) is 0 Å². The molecule has 4 heteroatoms. The van der Waals surface area contributed by atoms with Gasteiger partial charge in [-0.15, -0.1) is 0 Å². The molecule has 1 radical (unpaired) electrons. The molecule has 2 atom stereocenters. The molecular weight excluding hydrogens is 245 g/mol. The van der Waals surface area contributed by atoms with E-state index in [1.807, 2.05) is 23.7 Å². The number of rotatable bonds is 10. The Balaban J connectivity index is 3.49. The van der Waals surface area contributed by atoms with E-state index in [-0.39, 0.29) is 0 Å². The average molecular weight is 274 g/mol. The summed E-state index contributed by atoms with van der Waals surface area (Å²) in [5, 5.41) is 1.45. The lowest BCUT2D eigenvalue weighted by molar-refractivity contribution is 0.323. The van der Waals surface area contributed by atoms with Gasteiger partial charge in [-0.1, -0.05) is 59.3 Å². The van der Waals surface area contributed by atoms with E-state index in [0.29, 0.717) is 10.7 Å². The standard InChI is InChI=1S/C13H29BNS2/c1-7-13(4,5)10-12(3)17-15-14-9-8-11(2)16-6/h11-12,15H,7-10H2,1-6H3. The molecule has 1 nitrogen and oxygen atoms in total. The zero-order valence-corrected chi connectivity index (χ0v) is 14.0. The highest BCUT2D eigenvalue weighted by Crippen LogP contribution is 2.29. The fourth-order valence-electron chi connectivity index (χ4n) is 1.62. The van der Waals surface area contributed by atoms with Gasteiger partial charge in [-0.2, -0.15) is 11.8 Å². The van der Waals surface area contributed by atoms with Gasteiger partial charge >= 0.3 is 0 Å². The van der Waals surface area contributed by atoms with Crippen LogP contribution in [0.4, 0.5) is 0 Å². The molecule has 0 saturated heterocycles. The topological polar surface area (TPSA) is 12.0 Å². The first-order valence-electron chi connectivity index (χ1n) is 6.67. The van der Waals surface area contributed by atoms with Gasteiger partial charge in [-0.3, -0.25) is 0 Å². The van der Waals surface area contributed by atoms with Crippen molar-refractivity contribution in [1.82, 2.24) is 4.63 Å². The second-order valence-corrected chi connectivity index (χ2v) is 8.15. The Hall–Kier alpha value is 0.725. The summed E-state index contributed by atoms with van der Waals surface area (Å²) in [6.07, 6.45) is 7.15. The Bertz CT molecular complexity index is 188. The van der Waals surface area contributed by atoms with E-state index in [4.69, 9.17) is 0 Å². The van der Waals surface area contributed by atoms with Gasteiger partial charge in [0.2, 0.25) is 7.41 Å². The normalized spacial score (nSPS) is 15.6. The van der Waals surface area contributed by atoms with Crippen LogP contribution in [0.25, 0.3) is 0 Å². The highest BCUT2D eigenvalue weighted by Gasteiger charge is 2.18.